The molecule has 0 amide bonds. The van der Waals surface area contributed by atoms with Crippen LogP contribution >= 0.6 is 11.8 Å². The molecule has 54 valence electrons. The molecule has 3 heteroatoms. The third kappa shape index (κ3) is 9.11. The Morgan fingerprint density at radius 3 is 2.89 bits per heavy atom. The second-order valence-electron chi connectivity index (χ2n) is 1.78. The van der Waals surface area contributed by atoms with E-state index in [1.165, 1.54) is 20.4 Å². The van der Waals surface area contributed by atoms with E-state index in [-0.39, 0.29) is 21.1 Å². The van der Waals surface area contributed by atoms with Crippen LogP contribution in [-0.2, 0) is 0 Å². The van der Waals surface area contributed by atoms with Crippen molar-refractivity contribution in [2.24, 2.45) is 5.73 Å². The van der Waals surface area contributed by atoms with Crippen molar-refractivity contribution in [2.75, 3.05) is 16.1 Å². The Morgan fingerprint density at radius 2 is 2.33 bits per heavy atom. The van der Waals surface area contributed by atoms with Crippen LogP contribution in [0.1, 0.15) is 13.3 Å². The summed E-state index contributed by atoms with van der Waals surface area (Å²) in [7, 11) is 0. The van der Waals surface area contributed by atoms with Gasteiger partial charge in [0, 0.05) is 0 Å². The summed E-state index contributed by atoms with van der Waals surface area (Å²) in [5.41, 5.74) is 5.36. The molecule has 0 aliphatic rings. The Labute approximate surface area is 72.4 Å². The summed E-state index contributed by atoms with van der Waals surface area (Å²) in [4.78, 5) is 0. The molecule has 0 saturated carbocycles. The quantitative estimate of drug-likeness (QED) is 0.567. The third-order valence-corrected chi connectivity index (χ3v) is 7.30. The maximum absolute atomic E-state index is 5.36. The van der Waals surface area contributed by atoms with Gasteiger partial charge in [-0.3, -0.25) is 0 Å². The van der Waals surface area contributed by atoms with Gasteiger partial charge in [0.15, 0.2) is 0 Å². The average Bonchev–Trinajstić information content (AvgIpc) is 1.89. The van der Waals surface area contributed by atoms with Crippen LogP contribution in [0.25, 0.3) is 0 Å². The molecule has 0 saturated heterocycles. The van der Waals surface area contributed by atoms with Crippen LogP contribution in [0.3, 0.4) is 0 Å². The van der Waals surface area contributed by atoms with E-state index >= 15 is 0 Å². The first-order chi connectivity index (χ1) is 4.41. The summed E-state index contributed by atoms with van der Waals surface area (Å²) in [6.07, 6.45) is 1.27. The zero-order chi connectivity index (χ0) is 6.95. The molecule has 2 radical (unpaired) electrons. The maximum atomic E-state index is 5.36. The molecule has 0 heterocycles. The van der Waals surface area contributed by atoms with Gasteiger partial charge in [-0.25, -0.2) is 0 Å². The van der Waals surface area contributed by atoms with Crippen molar-refractivity contribution in [3.05, 3.63) is 0 Å². The predicted molar refractivity (Wildman–Crippen MR) is 47.2 cm³/mol. The first-order valence-corrected chi connectivity index (χ1v) is 8.59. The van der Waals surface area contributed by atoms with Gasteiger partial charge < -0.3 is 0 Å². The normalized spacial score (nSPS) is 10.0. The van der Waals surface area contributed by atoms with Crippen LogP contribution < -0.4 is 5.73 Å². The standard InChI is InChI=1S/C3H8N.C3H7S.Sn/c1-2-3-4;1-3-4-2;/h1-4H2;2-3H2,1H3;. The molecule has 0 aromatic rings. The van der Waals surface area contributed by atoms with Gasteiger partial charge in [0.05, 0.1) is 0 Å². The first-order valence-electron chi connectivity index (χ1n) is 3.40. The van der Waals surface area contributed by atoms with Crippen molar-refractivity contribution < 1.29 is 0 Å². The molecule has 0 unspecified atom stereocenters. The molecular weight excluding hydrogens is 237 g/mol. The Bertz CT molecular complexity index is 46.3. The molecule has 0 bridgehead atoms. The van der Waals surface area contributed by atoms with Gasteiger partial charge in [0.25, 0.3) is 0 Å². The predicted octanol–water partition coefficient (Wildman–Crippen LogP) is 1.17. The Morgan fingerprint density at radius 1 is 1.56 bits per heavy atom. The molecule has 0 aromatic carbocycles. The first kappa shape index (κ1) is 10.1. The number of thioether (sulfide) groups is 1. The van der Waals surface area contributed by atoms with Crippen molar-refractivity contribution in [1.82, 2.24) is 0 Å². The summed E-state index contributed by atoms with van der Waals surface area (Å²) in [6.45, 7) is 3.13. The van der Waals surface area contributed by atoms with Crippen LogP contribution in [-0.4, -0.2) is 37.2 Å². The number of rotatable bonds is 6. The Hall–Kier alpha value is 1.11. The number of hydrogen-bond acceptors (Lipinski definition) is 2. The summed E-state index contributed by atoms with van der Waals surface area (Å²) in [5.74, 6) is 1.30. The summed E-state index contributed by atoms with van der Waals surface area (Å²) < 4.78 is 2.96. The zero-order valence-electron chi connectivity index (χ0n) is 6.02. The topological polar surface area (TPSA) is 26.0 Å². The molecule has 0 rings (SSSR count). The number of nitrogens with two attached hydrogens (primary N) is 1. The second kappa shape index (κ2) is 9.11. The van der Waals surface area contributed by atoms with Crippen molar-refractivity contribution in [3.8, 4) is 0 Å². The number of hydrogen-bond donors (Lipinski definition) is 1. The minimum absolute atomic E-state index is 0.0325. The van der Waals surface area contributed by atoms with Gasteiger partial charge in [0.1, 0.15) is 0 Å². The summed E-state index contributed by atoms with van der Waals surface area (Å²) in [5, 5.41) is 0. The van der Waals surface area contributed by atoms with E-state index in [1.54, 1.807) is 0 Å². The molecule has 2 N–H and O–H groups in total. The van der Waals surface area contributed by atoms with E-state index in [9.17, 15) is 0 Å². The van der Waals surface area contributed by atoms with Crippen molar-refractivity contribution in [1.29, 1.82) is 0 Å². The van der Waals surface area contributed by atoms with Gasteiger partial charge >= 0.3 is 72.5 Å². The van der Waals surface area contributed by atoms with Crippen LogP contribution in [0, 0.1) is 0 Å². The fourth-order valence-electron chi connectivity index (χ4n) is 0.473. The SMILES string of the molecule is CCS[CH2][Sn][CH2]CCN. The molecule has 0 atom stereocenters. The molecular formula is C6H15NSSn. The van der Waals surface area contributed by atoms with Crippen molar-refractivity contribution >= 4 is 32.9 Å². The van der Waals surface area contributed by atoms with Gasteiger partial charge in [-0.15, -0.1) is 0 Å². The van der Waals surface area contributed by atoms with E-state index < -0.39 is 0 Å². The van der Waals surface area contributed by atoms with Gasteiger partial charge in [0.2, 0.25) is 0 Å². The minimum atomic E-state index is 0.0325. The molecule has 0 aromatic heterocycles. The molecule has 0 aliphatic heterocycles. The van der Waals surface area contributed by atoms with Gasteiger partial charge in [-0.05, 0) is 0 Å². The second-order valence-corrected chi connectivity index (χ2v) is 8.38. The monoisotopic (exact) mass is 253 g/mol. The summed E-state index contributed by atoms with van der Waals surface area (Å²) in [6, 6.07) is 0. The zero-order valence-corrected chi connectivity index (χ0v) is 9.69. The van der Waals surface area contributed by atoms with E-state index in [2.05, 4.69) is 18.7 Å². The molecule has 0 fully saturated rings. The van der Waals surface area contributed by atoms with Gasteiger partial charge in [-0.1, -0.05) is 0 Å². The molecule has 0 aliphatic carbocycles. The fourth-order valence-corrected chi connectivity index (χ4v) is 6.48. The van der Waals surface area contributed by atoms with Crippen molar-refractivity contribution in [2.45, 2.75) is 17.8 Å². The molecule has 9 heavy (non-hydrogen) atoms. The summed E-state index contributed by atoms with van der Waals surface area (Å²) >= 11 is 2.13. The van der Waals surface area contributed by atoms with Crippen LogP contribution in [0.5, 0.6) is 0 Å². The van der Waals surface area contributed by atoms with Gasteiger partial charge in [-0.2, -0.15) is 0 Å². The van der Waals surface area contributed by atoms with E-state index in [1.807, 2.05) is 0 Å². The fraction of sp³-hybridized carbons (Fsp3) is 1.00. The molecule has 1 nitrogen and oxygen atoms in total. The Balaban J connectivity index is 2.60. The molecule has 0 spiro atoms. The van der Waals surface area contributed by atoms with Crippen LogP contribution in [0.2, 0.25) is 4.44 Å². The van der Waals surface area contributed by atoms with Crippen LogP contribution in [0.15, 0.2) is 0 Å². The average molecular weight is 252 g/mol. The van der Waals surface area contributed by atoms with E-state index in [0.717, 1.165) is 6.54 Å². The van der Waals surface area contributed by atoms with Crippen LogP contribution in [0.4, 0.5) is 0 Å². The Kier molecular flexibility index (Phi) is 10.2. The van der Waals surface area contributed by atoms with Crippen molar-refractivity contribution in [3.63, 3.8) is 0 Å². The van der Waals surface area contributed by atoms with E-state index in [4.69, 9.17) is 5.73 Å². The van der Waals surface area contributed by atoms with E-state index in [0.29, 0.717) is 0 Å². The third-order valence-electron chi connectivity index (χ3n) is 0.966.